The Kier molecular flexibility index (Phi) is 4.59. The predicted octanol–water partition coefficient (Wildman–Crippen LogP) is 3.03. The summed E-state index contributed by atoms with van der Waals surface area (Å²) in [6, 6.07) is 10.2. The fraction of sp³-hybridized carbons (Fsp3) is 0.143. The van der Waals surface area contributed by atoms with E-state index in [0.29, 0.717) is 23.3 Å². The van der Waals surface area contributed by atoms with Crippen LogP contribution >= 0.6 is 23.1 Å². The van der Waals surface area contributed by atoms with Crippen LogP contribution in [0.4, 0.5) is 4.39 Å². The van der Waals surface area contributed by atoms with Crippen LogP contribution in [0, 0.1) is 5.82 Å². The van der Waals surface area contributed by atoms with Crippen molar-refractivity contribution in [3.8, 4) is 16.5 Å². The van der Waals surface area contributed by atoms with E-state index in [4.69, 9.17) is 10.6 Å². The maximum atomic E-state index is 13.4. The standard InChI is InChI=1S/C14H13FN4OS2/c15-10-4-1-2-5-11(10)20-7-9-22-14-18-17-13(19(14)16)12-6-3-8-21-12/h1-6,8H,7,9,16H2. The van der Waals surface area contributed by atoms with Crippen LogP contribution in [0.5, 0.6) is 5.75 Å². The molecule has 3 aromatic rings. The Balaban J connectivity index is 1.55. The van der Waals surface area contributed by atoms with Gasteiger partial charge in [-0.2, -0.15) is 0 Å². The molecule has 8 heteroatoms. The van der Waals surface area contributed by atoms with Gasteiger partial charge in [-0.15, -0.1) is 21.5 Å². The zero-order valence-corrected chi connectivity index (χ0v) is 13.1. The van der Waals surface area contributed by atoms with Crippen LogP contribution in [0.3, 0.4) is 0 Å². The highest BCUT2D eigenvalue weighted by molar-refractivity contribution is 7.99. The molecule has 2 aromatic heterocycles. The Morgan fingerprint density at radius 3 is 2.86 bits per heavy atom. The smallest absolute Gasteiger partial charge is 0.210 e. The van der Waals surface area contributed by atoms with E-state index in [1.165, 1.54) is 22.5 Å². The largest absolute Gasteiger partial charge is 0.490 e. The molecule has 0 atom stereocenters. The molecule has 114 valence electrons. The number of nitrogens with two attached hydrogens (primary N) is 1. The summed E-state index contributed by atoms with van der Waals surface area (Å²) in [6.45, 7) is 0.354. The van der Waals surface area contributed by atoms with Gasteiger partial charge in [0.2, 0.25) is 5.16 Å². The Labute approximate surface area is 134 Å². The number of nitrogens with zero attached hydrogens (tertiary/aromatic N) is 3. The van der Waals surface area contributed by atoms with Crippen molar-refractivity contribution >= 4 is 23.1 Å². The molecule has 3 rings (SSSR count). The third-order valence-corrected chi connectivity index (χ3v) is 4.59. The van der Waals surface area contributed by atoms with Crippen LogP contribution < -0.4 is 10.6 Å². The van der Waals surface area contributed by atoms with Gasteiger partial charge < -0.3 is 10.6 Å². The molecular formula is C14H13FN4OS2. The van der Waals surface area contributed by atoms with Crippen molar-refractivity contribution in [1.29, 1.82) is 0 Å². The normalized spacial score (nSPS) is 10.8. The lowest BCUT2D eigenvalue weighted by atomic mass is 10.3. The molecule has 0 amide bonds. The highest BCUT2D eigenvalue weighted by Gasteiger charge is 2.12. The van der Waals surface area contributed by atoms with Gasteiger partial charge in [0.25, 0.3) is 0 Å². The van der Waals surface area contributed by atoms with Crippen molar-refractivity contribution < 1.29 is 9.13 Å². The van der Waals surface area contributed by atoms with Crippen molar-refractivity contribution in [1.82, 2.24) is 14.9 Å². The molecule has 0 aliphatic rings. The maximum absolute atomic E-state index is 13.4. The number of para-hydroxylation sites is 1. The van der Waals surface area contributed by atoms with Gasteiger partial charge in [0.15, 0.2) is 17.4 Å². The first-order chi connectivity index (χ1) is 10.8. The topological polar surface area (TPSA) is 66.0 Å². The molecule has 0 spiro atoms. The van der Waals surface area contributed by atoms with Crippen molar-refractivity contribution in [2.75, 3.05) is 18.2 Å². The van der Waals surface area contributed by atoms with Gasteiger partial charge in [0.05, 0.1) is 11.5 Å². The van der Waals surface area contributed by atoms with E-state index in [1.807, 2.05) is 17.5 Å². The van der Waals surface area contributed by atoms with Gasteiger partial charge in [-0.05, 0) is 23.6 Å². The highest BCUT2D eigenvalue weighted by Crippen LogP contribution is 2.25. The lowest BCUT2D eigenvalue weighted by Gasteiger charge is -2.06. The minimum Gasteiger partial charge on any atom is -0.490 e. The van der Waals surface area contributed by atoms with Crippen molar-refractivity contribution in [2.24, 2.45) is 0 Å². The Morgan fingerprint density at radius 2 is 2.09 bits per heavy atom. The summed E-state index contributed by atoms with van der Waals surface area (Å²) in [7, 11) is 0. The van der Waals surface area contributed by atoms with Gasteiger partial charge in [-0.3, -0.25) is 0 Å². The molecule has 2 heterocycles. The van der Waals surface area contributed by atoms with E-state index in [2.05, 4.69) is 10.2 Å². The number of rotatable bonds is 6. The molecule has 0 aliphatic carbocycles. The van der Waals surface area contributed by atoms with Crippen molar-refractivity contribution in [3.05, 3.63) is 47.6 Å². The summed E-state index contributed by atoms with van der Waals surface area (Å²) < 4.78 is 20.2. The highest BCUT2D eigenvalue weighted by atomic mass is 32.2. The van der Waals surface area contributed by atoms with Crippen LogP contribution in [0.25, 0.3) is 10.7 Å². The number of ether oxygens (including phenoxy) is 1. The number of thiophene rings is 1. The summed E-state index contributed by atoms with van der Waals surface area (Å²) >= 11 is 2.96. The summed E-state index contributed by atoms with van der Waals surface area (Å²) in [4.78, 5) is 0.962. The van der Waals surface area contributed by atoms with Gasteiger partial charge >= 0.3 is 0 Å². The summed E-state index contributed by atoms with van der Waals surface area (Å²) in [5, 5.41) is 10.7. The first-order valence-corrected chi connectivity index (χ1v) is 8.36. The number of thioether (sulfide) groups is 1. The van der Waals surface area contributed by atoms with Gasteiger partial charge in [-0.1, -0.05) is 30.0 Å². The Morgan fingerprint density at radius 1 is 1.23 bits per heavy atom. The molecule has 5 nitrogen and oxygen atoms in total. The number of hydrogen-bond donors (Lipinski definition) is 1. The number of aromatic nitrogens is 3. The second-order valence-corrected chi connectivity index (χ2v) is 6.29. The molecule has 0 saturated carbocycles. The number of benzene rings is 1. The SMILES string of the molecule is Nn1c(SCCOc2ccccc2F)nnc1-c1cccs1. The fourth-order valence-corrected chi connectivity index (χ4v) is 3.17. The fourth-order valence-electron chi connectivity index (χ4n) is 1.80. The zero-order chi connectivity index (χ0) is 15.4. The maximum Gasteiger partial charge on any atom is 0.210 e. The van der Waals surface area contributed by atoms with Gasteiger partial charge in [0, 0.05) is 5.75 Å². The van der Waals surface area contributed by atoms with Gasteiger partial charge in [0.1, 0.15) is 0 Å². The van der Waals surface area contributed by atoms with Crippen LogP contribution in [0.1, 0.15) is 0 Å². The second kappa shape index (κ2) is 6.80. The zero-order valence-electron chi connectivity index (χ0n) is 11.5. The van der Waals surface area contributed by atoms with Gasteiger partial charge in [-0.25, -0.2) is 9.07 Å². The van der Waals surface area contributed by atoms with Crippen molar-refractivity contribution in [2.45, 2.75) is 5.16 Å². The predicted molar refractivity (Wildman–Crippen MR) is 86.1 cm³/mol. The lowest BCUT2D eigenvalue weighted by molar-refractivity contribution is 0.325. The van der Waals surface area contributed by atoms with E-state index in [0.717, 1.165) is 4.88 Å². The van der Waals surface area contributed by atoms with E-state index in [9.17, 15) is 4.39 Å². The molecule has 22 heavy (non-hydrogen) atoms. The molecule has 0 unspecified atom stereocenters. The first kappa shape index (κ1) is 14.9. The van der Waals surface area contributed by atoms with Crippen molar-refractivity contribution in [3.63, 3.8) is 0 Å². The van der Waals surface area contributed by atoms with Crippen LogP contribution in [-0.4, -0.2) is 27.2 Å². The molecule has 0 saturated heterocycles. The van der Waals surface area contributed by atoms with E-state index in [1.54, 1.807) is 29.5 Å². The van der Waals surface area contributed by atoms with Crippen LogP contribution in [0.2, 0.25) is 0 Å². The molecule has 0 bridgehead atoms. The average molecular weight is 336 g/mol. The van der Waals surface area contributed by atoms with E-state index in [-0.39, 0.29) is 11.6 Å². The Hall–Kier alpha value is -2.06. The first-order valence-electron chi connectivity index (χ1n) is 6.50. The molecule has 0 fully saturated rings. The molecule has 0 radical (unpaired) electrons. The monoisotopic (exact) mass is 336 g/mol. The lowest BCUT2D eigenvalue weighted by Crippen LogP contribution is -2.12. The third kappa shape index (κ3) is 3.23. The average Bonchev–Trinajstić information content (AvgIpc) is 3.15. The molecular weight excluding hydrogens is 323 g/mol. The van der Waals surface area contributed by atoms with E-state index >= 15 is 0 Å². The van der Waals surface area contributed by atoms with E-state index < -0.39 is 0 Å². The number of halogens is 1. The quantitative estimate of drug-likeness (QED) is 0.426. The summed E-state index contributed by atoms with van der Waals surface area (Å²) in [6.07, 6.45) is 0. The third-order valence-electron chi connectivity index (χ3n) is 2.81. The minimum atomic E-state index is -0.366. The molecule has 0 aliphatic heterocycles. The number of hydrogen-bond acceptors (Lipinski definition) is 6. The summed E-state index contributed by atoms with van der Waals surface area (Å²) in [5.74, 6) is 7.09. The van der Waals surface area contributed by atoms with Crippen LogP contribution in [-0.2, 0) is 0 Å². The minimum absolute atomic E-state index is 0.247. The molecule has 2 N–H and O–H groups in total. The molecule has 1 aromatic carbocycles. The second-order valence-electron chi connectivity index (χ2n) is 4.28. The Bertz CT molecular complexity index is 745. The van der Waals surface area contributed by atoms with Crippen LogP contribution in [0.15, 0.2) is 46.9 Å². The summed E-state index contributed by atoms with van der Waals surface area (Å²) in [5.41, 5.74) is 0. The number of nitrogen functional groups attached to an aromatic ring is 1.